The highest BCUT2D eigenvalue weighted by atomic mass is 35.5. The van der Waals surface area contributed by atoms with Gasteiger partial charge in [0.1, 0.15) is 12.1 Å². The van der Waals surface area contributed by atoms with Crippen molar-refractivity contribution in [3.63, 3.8) is 0 Å². The SMILES string of the molecule is CNc1nc(-c2cc(F)ccc2Cl)nc(-n2ccnc2)n1. The predicted octanol–water partition coefficient (Wildman–Crippen LogP) is 2.56. The van der Waals surface area contributed by atoms with Crippen LogP contribution < -0.4 is 5.32 Å². The summed E-state index contributed by atoms with van der Waals surface area (Å²) in [7, 11) is 1.68. The molecule has 0 saturated carbocycles. The van der Waals surface area contributed by atoms with Crippen molar-refractivity contribution in [2.45, 2.75) is 0 Å². The van der Waals surface area contributed by atoms with Crippen molar-refractivity contribution in [1.82, 2.24) is 24.5 Å². The first-order chi connectivity index (χ1) is 10.2. The van der Waals surface area contributed by atoms with Gasteiger partial charge >= 0.3 is 0 Å². The van der Waals surface area contributed by atoms with Gasteiger partial charge in [0.25, 0.3) is 0 Å². The molecule has 1 N–H and O–H groups in total. The Kier molecular flexibility index (Phi) is 3.49. The fourth-order valence-electron chi connectivity index (χ4n) is 1.76. The number of nitrogens with one attached hydrogen (secondary N) is 1. The van der Waals surface area contributed by atoms with Crippen LogP contribution in [0.5, 0.6) is 0 Å². The number of rotatable bonds is 3. The Morgan fingerprint density at radius 1 is 1.24 bits per heavy atom. The Balaban J connectivity index is 2.18. The number of halogens is 2. The van der Waals surface area contributed by atoms with E-state index in [-0.39, 0.29) is 5.82 Å². The van der Waals surface area contributed by atoms with Crippen molar-refractivity contribution in [2.24, 2.45) is 0 Å². The Hall–Kier alpha value is -2.54. The molecular weight excluding hydrogens is 295 g/mol. The summed E-state index contributed by atoms with van der Waals surface area (Å²) < 4.78 is 15.1. The maximum atomic E-state index is 13.4. The monoisotopic (exact) mass is 304 g/mol. The van der Waals surface area contributed by atoms with Crippen molar-refractivity contribution in [3.05, 3.63) is 47.8 Å². The minimum absolute atomic E-state index is 0.280. The van der Waals surface area contributed by atoms with Crippen molar-refractivity contribution in [2.75, 3.05) is 12.4 Å². The zero-order chi connectivity index (χ0) is 14.8. The lowest BCUT2D eigenvalue weighted by molar-refractivity contribution is 0.628. The third-order valence-electron chi connectivity index (χ3n) is 2.75. The number of nitrogens with zero attached hydrogens (tertiary/aromatic N) is 5. The second kappa shape index (κ2) is 5.45. The smallest absolute Gasteiger partial charge is 0.240 e. The largest absolute Gasteiger partial charge is 0.357 e. The van der Waals surface area contributed by atoms with E-state index in [2.05, 4.69) is 25.3 Å². The Bertz CT molecular complexity index is 774. The molecule has 0 aliphatic heterocycles. The predicted molar refractivity (Wildman–Crippen MR) is 76.9 cm³/mol. The number of hydrogen-bond donors (Lipinski definition) is 1. The van der Waals surface area contributed by atoms with Crippen LogP contribution in [0.4, 0.5) is 10.3 Å². The molecule has 3 aromatic rings. The topological polar surface area (TPSA) is 68.5 Å². The third-order valence-corrected chi connectivity index (χ3v) is 3.08. The molecule has 0 aliphatic carbocycles. The average molecular weight is 305 g/mol. The second-order valence-electron chi connectivity index (χ2n) is 4.13. The molecule has 0 fully saturated rings. The van der Waals surface area contributed by atoms with Gasteiger partial charge in [0, 0.05) is 25.0 Å². The fraction of sp³-hybridized carbons (Fsp3) is 0.0769. The van der Waals surface area contributed by atoms with Crippen LogP contribution in [0.15, 0.2) is 36.9 Å². The van der Waals surface area contributed by atoms with Crippen molar-refractivity contribution in [1.29, 1.82) is 0 Å². The molecule has 0 unspecified atom stereocenters. The molecule has 21 heavy (non-hydrogen) atoms. The molecule has 8 heteroatoms. The van der Waals surface area contributed by atoms with Gasteiger partial charge in [-0.1, -0.05) is 11.6 Å². The van der Waals surface area contributed by atoms with Crippen molar-refractivity contribution in [3.8, 4) is 17.3 Å². The number of imidazole rings is 1. The van der Waals surface area contributed by atoms with Crippen LogP contribution in [0.1, 0.15) is 0 Å². The molecule has 0 radical (unpaired) electrons. The second-order valence-corrected chi connectivity index (χ2v) is 4.53. The van der Waals surface area contributed by atoms with Gasteiger partial charge in [-0.15, -0.1) is 0 Å². The summed E-state index contributed by atoms with van der Waals surface area (Å²) >= 11 is 6.10. The number of hydrogen-bond acceptors (Lipinski definition) is 5. The van der Waals surface area contributed by atoms with Crippen LogP contribution in [0.25, 0.3) is 17.3 Å². The van der Waals surface area contributed by atoms with Gasteiger partial charge in [-0.2, -0.15) is 15.0 Å². The summed E-state index contributed by atoms with van der Waals surface area (Å²) in [6.45, 7) is 0. The Morgan fingerprint density at radius 2 is 2.10 bits per heavy atom. The average Bonchev–Trinajstić information content (AvgIpc) is 3.03. The standard InChI is InChI=1S/C13H10ClFN6/c1-16-12-18-11(9-6-8(15)2-3-10(9)14)19-13(20-12)21-5-4-17-7-21/h2-7H,1H3,(H,16,18,19,20). The maximum Gasteiger partial charge on any atom is 0.240 e. The molecule has 0 bridgehead atoms. The van der Waals surface area contributed by atoms with Gasteiger partial charge in [-0.25, -0.2) is 9.37 Å². The molecule has 0 atom stereocenters. The molecular formula is C13H10ClFN6. The van der Waals surface area contributed by atoms with E-state index in [9.17, 15) is 4.39 Å². The van der Waals surface area contributed by atoms with Crippen LogP contribution in [-0.2, 0) is 0 Å². The molecule has 1 aromatic carbocycles. The zero-order valence-corrected chi connectivity index (χ0v) is 11.7. The molecule has 0 saturated heterocycles. The number of aromatic nitrogens is 5. The highest BCUT2D eigenvalue weighted by Gasteiger charge is 2.13. The van der Waals surface area contributed by atoms with Gasteiger partial charge in [0.15, 0.2) is 5.82 Å². The zero-order valence-electron chi connectivity index (χ0n) is 11.0. The van der Waals surface area contributed by atoms with E-state index >= 15 is 0 Å². The number of benzene rings is 1. The van der Waals surface area contributed by atoms with E-state index in [4.69, 9.17) is 11.6 Å². The van der Waals surface area contributed by atoms with Gasteiger partial charge in [0.2, 0.25) is 11.9 Å². The first kappa shape index (κ1) is 13.4. The summed E-state index contributed by atoms with van der Waals surface area (Å²) in [6, 6.07) is 4.03. The molecule has 2 aromatic heterocycles. The molecule has 0 spiro atoms. The third kappa shape index (κ3) is 2.68. The van der Waals surface area contributed by atoms with E-state index in [1.54, 1.807) is 30.3 Å². The fourth-order valence-corrected chi connectivity index (χ4v) is 1.96. The van der Waals surface area contributed by atoms with Gasteiger partial charge < -0.3 is 5.32 Å². The van der Waals surface area contributed by atoms with Crippen molar-refractivity contribution >= 4 is 17.5 Å². The summed E-state index contributed by atoms with van der Waals surface area (Å²) in [4.78, 5) is 16.7. The first-order valence-corrected chi connectivity index (χ1v) is 6.43. The minimum Gasteiger partial charge on any atom is -0.357 e. The highest BCUT2D eigenvalue weighted by Crippen LogP contribution is 2.26. The lowest BCUT2D eigenvalue weighted by atomic mass is 10.2. The lowest BCUT2D eigenvalue weighted by Crippen LogP contribution is -2.07. The highest BCUT2D eigenvalue weighted by molar-refractivity contribution is 6.33. The van der Waals surface area contributed by atoms with E-state index in [1.807, 2.05) is 0 Å². The van der Waals surface area contributed by atoms with E-state index in [1.165, 1.54) is 18.2 Å². The summed E-state index contributed by atoms with van der Waals surface area (Å²) in [5.41, 5.74) is 0.400. The first-order valence-electron chi connectivity index (χ1n) is 6.05. The van der Waals surface area contributed by atoms with E-state index in [0.29, 0.717) is 22.5 Å². The molecule has 6 nitrogen and oxygen atoms in total. The van der Waals surface area contributed by atoms with Gasteiger partial charge in [0.05, 0.1) is 5.02 Å². The normalized spacial score (nSPS) is 10.6. The van der Waals surface area contributed by atoms with Crippen LogP contribution in [0.2, 0.25) is 5.02 Å². The van der Waals surface area contributed by atoms with Crippen LogP contribution >= 0.6 is 11.6 Å². The van der Waals surface area contributed by atoms with Crippen LogP contribution in [-0.4, -0.2) is 31.6 Å². The molecule has 0 amide bonds. The Morgan fingerprint density at radius 3 is 2.81 bits per heavy atom. The Labute approximate surface area is 124 Å². The van der Waals surface area contributed by atoms with Gasteiger partial charge in [-0.3, -0.25) is 4.57 Å². The summed E-state index contributed by atoms with van der Waals surface area (Å²) in [5.74, 6) is 0.582. The summed E-state index contributed by atoms with van der Waals surface area (Å²) in [6.07, 6.45) is 4.87. The quantitative estimate of drug-likeness (QED) is 0.805. The molecule has 106 valence electrons. The molecule has 0 aliphatic rings. The molecule has 2 heterocycles. The van der Waals surface area contributed by atoms with Crippen LogP contribution in [0, 0.1) is 5.82 Å². The minimum atomic E-state index is -0.412. The van der Waals surface area contributed by atoms with Crippen molar-refractivity contribution < 1.29 is 4.39 Å². The maximum absolute atomic E-state index is 13.4. The van der Waals surface area contributed by atoms with Crippen LogP contribution in [0.3, 0.4) is 0 Å². The van der Waals surface area contributed by atoms with Gasteiger partial charge in [-0.05, 0) is 18.2 Å². The van der Waals surface area contributed by atoms with E-state index < -0.39 is 5.82 Å². The number of anilines is 1. The van der Waals surface area contributed by atoms with E-state index in [0.717, 1.165) is 0 Å². The molecule has 3 rings (SSSR count). The lowest BCUT2D eigenvalue weighted by Gasteiger charge is -2.08. The summed E-state index contributed by atoms with van der Waals surface area (Å²) in [5, 5.41) is 3.20.